The molecule has 8 heteroatoms. The van der Waals surface area contributed by atoms with E-state index in [-0.39, 0.29) is 30.0 Å². The second-order valence-electron chi connectivity index (χ2n) is 8.63. The van der Waals surface area contributed by atoms with Crippen molar-refractivity contribution in [2.45, 2.75) is 33.1 Å². The van der Waals surface area contributed by atoms with E-state index >= 15 is 0 Å². The largest absolute Gasteiger partial charge is 0.339 e. The Balaban J connectivity index is 1.49. The van der Waals surface area contributed by atoms with Gasteiger partial charge in [0.1, 0.15) is 5.82 Å². The maximum atomic E-state index is 13.5. The van der Waals surface area contributed by atoms with Crippen molar-refractivity contribution in [3.8, 4) is 0 Å². The maximum absolute atomic E-state index is 13.5. The number of aryl methyl sites for hydroxylation is 2. The molecule has 0 atom stereocenters. The number of hydrogen-bond acceptors (Lipinski definition) is 4. The molecule has 1 aliphatic heterocycles. The normalized spacial score (nSPS) is 14.4. The van der Waals surface area contributed by atoms with Crippen LogP contribution in [0.2, 0.25) is 0 Å². The number of nitrogens with zero attached hydrogens (tertiary/aromatic N) is 5. The van der Waals surface area contributed by atoms with Crippen LogP contribution in [0.1, 0.15) is 47.1 Å². The summed E-state index contributed by atoms with van der Waals surface area (Å²) in [6.45, 7) is 7.88. The molecule has 3 heterocycles. The lowest BCUT2D eigenvalue weighted by atomic mass is 10.0. The number of halogens is 1. The summed E-state index contributed by atoms with van der Waals surface area (Å²) in [6, 6.07) is 7.87. The Kier molecular flexibility index (Phi) is 5.95. The Morgan fingerprint density at radius 3 is 2.31 bits per heavy atom. The SMILES string of the molecule is Cc1nn(C)c2nc(C(C)C)cc(C(=O)N3CCN(C(=O)Cc4ccc(F)cc4)CC3)c12. The molecule has 1 aliphatic rings. The Bertz CT molecular complexity index is 1160. The average molecular weight is 438 g/mol. The minimum Gasteiger partial charge on any atom is -0.339 e. The van der Waals surface area contributed by atoms with E-state index in [1.807, 2.05) is 20.0 Å². The minimum absolute atomic E-state index is 0.0137. The van der Waals surface area contributed by atoms with Gasteiger partial charge in [-0.2, -0.15) is 5.10 Å². The molecule has 0 aliphatic carbocycles. The van der Waals surface area contributed by atoms with E-state index in [2.05, 4.69) is 18.9 Å². The van der Waals surface area contributed by atoms with Gasteiger partial charge < -0.3 is 9.80 Å². The molecule has 7 nitrogen and oxygen atoms in total. The fourth-order valence-corrected chi connectivity index (χ4v) is 4.15. The topological polar surface area (TPSA) is 71.3 Å². The zero-order chi connectivity index (χ0) is 23.0. The van der Waals surface area contributed by atoms with Crippen LogP contribution < -0.4 is 0 Å². The summed E-state index contributed by atoms with van der Waals surface area (Å²) in [4.78, 5) is 34.4. The second-order valence-corrected chi connectivity index (χ2v) is 8.63. The summed E-state index contributed by atoms with van der Waals surface area (Å²) < 4.78 is 14.8. The van der Waals surface area contributed by atoms with E-state index in [4.69, 9.17) is 4.98 Å². The van der Waals surface area contributed by atoms with Gasteiger partial charge in [-0.05, 0) is 36.6 Å². The first-order valence-corrected chi connectivity index (χ1v) is 10.9. The van der Waals surface area contributed by atoms with Crippen LogP contribution in [0, 0.1) is 12.7 Å². The molecule has 0 radical (unpaired) electrons. The molecule has 1 fully saturated rings. The number of rotatable bonds is 4. The van der Waals surface area contributed by atoms with Gasteiger partial charge in [-0.1, -0.05) is 26.0 Å². The number of pyridine rings is 1. The van der Waals surface area contributed by atoms with Gasteiger partial charge in [-0.3, -0.25) is 14.3 Å². The van der Waals surface area contributed by atoms with E-state index in [1.54, 1.807) is 26.6 Å². The number of aromatic nitrogens is 3. The third-order valence-electron chi connectivity index (χ3n) is 6.00. The summed E-state index contributed by atoms with van der Waals surface area (Å²) in [6.07, 6.45) is 0.228. The van der Waals surface area contributed by atoms with Gasteiger partial charge in [-0.15, -0.1) is 0 Å². The molecule has 4 rings (SSSR count). The van der Waals surface area contributed by atoms with Crippen molar-refractivity contribution in [1.82, 2.24) is 24.6 Å². The smallest absolute Gasteiger partial charge is 0.254 e. The summed E-state index contributed by atoms with van der Waals surface area (Å²) in [5.74, 6) is -0.202. The molecule has 1 aromatic carbocycles. The van der Waals surface area contributed by atoms with Crippen molar-refractivity contribution >= 4 is 22.8 Å². The molecule has 168 valence electrons. The van der Waals surface area contributed by atoms with Crippen LogP contribution in [0.15, 0.2) is 30.3 Å². The van der Waals surface area contributed by atoms with Crippen LogP contribution in [0.25, 0.3) is 11.0 Å². The highest BCUT2D eigenvalue weighted by Crippen LogP contribution is 2.26. The van der Waals surface area contributed by atoms with Crippen LogP contribution >= 0.6 is 0 Å². The lowest BCUT2D eigenvalue weighted by Crippen LogP contribution is -2.51. The number of benzene rings is 1. The summed E-state index contributed by atoms with van der Waals surface area (Å²) >= 11 is 0. The highest BCUT2D eigenvalue weighted by Gasteiger charge is 2.28. The van der Waals surface area contributed by atoms with Crippen LogP contribution in [0.5, 0.6) is 0 Å². The molecule has 3 aromatic rings. The predicted molar refractivity (Wildman–Crippen MR) is 120 cm³/mol. The third kappa shape index (κ3) is 4.22. The molecule has 2 amide bonds. The lowest BCUT2D eigenvalue weighted by Gasteiger charge is -2.35. The molecule has 0 bridgehead atoms. The van der Waals surface area contributed by atoms with Crippen molar-refractivity contribution in [2.75, 3.05) is 26.2 Å². The first-order valence-electron chi connectivity index (χ1n) is 10.9. The van der Waals surface area contributed by atoms with E-state index in [9.17, 15) is 14.0 Å². The standard InChI is InChI=1S/C24H28FN5O2/c1-15(2)20-14-19(22-16(3)27-28(4)23(22)26-20)24(32)30-11-9-29(10-12-30)21(31)13-17-5-7-18(25)8-6-17/h5-8,14-15H,9-13H2,1-4H3. The van der Waals surface area contributed by atoms with E-state index in [0.717, 1.165) is 22.3 Å². The Morgan fingerprint density at radius 2 is 1.69 bits per heavy atom. The van der Waals surface area contributed by atoms with Gasteiger partial charge in [0.05, 0.1) is 23.1 Å². The van der Waals surface area contributed by atoms with Crippen molar-refractivity contribution < 1.29 is 14.0 Å². The van der Waals surface area contributed by atoms with Gasteiger partial charge in [0.15, 0.2) is 5.65 Å². The molecule has 0 saturated carbocycles. The second kappa shape index (κ2) is 8.68. The summed E-state index contributed by atoms with van der Waals surface area (Å²) in [5.41, 5.74) is 3.75. The Labute approximate surface area is 186 Å². The van der Waals surface area contributed by atoms with E-state index in [0.29, 0.717) is 37.4 Å². The van der Waals surface area contributed by atoms with Gasteiger partial charge in [0.25, 0.3) is 5.91 Å². The first kappa shape index (κ1) is 21.9. The fourth-order valence-electron chi connectivity index (χ4n) is 4.15. The molecular formula is C24H28FN5O2. The monoisotopic (exact) mass is 437 g/mol. The molecule has 1 saturated heterocycles. The van der Waals surface area contributed by atoms with Crippen molar-refractivity contribution in [3.63, 3.8) is 0 Å². The highest BCUT2D eigenvalue weighted by molar-refractivity contribution is 6.06. The molecule has 0 spiro atoms. The Morgan fingerprint density at radius 1 is 1.06 bits per heavy atom. The zero-order valence-electron chi connectivity index (χ0n) is 18.9. The summed E-state index contributed by atoms with van der Waals surface area (Å²) in [7, 11) is 1.84. The maximum Gasteiger partial charge on any atom is 0.254 e. The molecule has 0 unspecified atom stereocenters. The van der Waals surface area contributed by atoms with Gasteiger partial charge in [0.2, 0.25) is 5.91 Å². The number of carbonyl (C=O) groups excluding carboxylic acids is 2. The first-order chi connectivity index (χ1) is 15.2. The molecule has 2 aromatic heterocycles. The number of hydrogen-bond donors (Lipinski definition) is 0. The fraction of sp³-hybridized carbons (Fsp3) is 0.417. The predicted octanol–water partition coefficient (Wildman–Crippen LogP) is 3.07. The third-order valence-corrected chi connectivity index (χ3v) is 6.00. The van der Waals surface area contributed by atoms with Gasteiger partial charge >= 0.3 is 0 Å². The molecule has 0 N–H and O–H groups in total. The van der Waals surface area contributed by atoms with E-state index < -0.39 is 0 Å². The Hall–Kier alpha value is -3.29. The van der Waals surface area contributed by atoms with Crippen LogP contribution in [-0.4, -0.2) is 62.6 Å². The quantitative estimate of drug-likeness (QED) is 0.629. The number of carbonyl (C=O) groups is 2. The lowest BCUT2D eigenvalue weighted by molar-refractivity contribution is -0.131. The average Bonchev–Trinajstić information content (AvgIpc) is 3.07. The number of fused-ring (bicyclic) bond motifs is 1. The number of amides is 2. The highest BCUT2D eigenvalue weighted by atomic mass is 19.1. The van der Waals surface area contributed by atoms with Crippen LogP contribution in [-0.2, 0) is 18.3 Å². The number of piperazine rings is 1. The van der Waals surface area contributed by atoms with Gasteiger partial charge in [-0.25, -0.2) is 9.37 Å². The zero-order valence-corrected chi connectivity index (χ0v) is 18.9. The van der Waals surface area contributed by atoms with Crippen molar-refractivity contribution in [3.05, 3.63) is 58.7 Å². The van der Waals surface area contributed by atoms with Crippen LogP contribution in [0.4, 0.5) is 4.39 Å². The minimum atomic E-state index is -0.317. The van der Waals surface area contributed by atoms with E-state index in [1.165, 1.54) is 12.1 Å². The van der Waals surface area contributed by atoms with Gasteiger partial charge in [0, 0.05) is 38.9 Å². The van der Waals surface area contributed by atoms with Crippen molar-refractivity contribution in [1.29, 1.82) is 0 Å². The molecule has 32 heavy (non-hydrogen) atoms. The van der Waals surface area contributed by atoms with Crippen molar-refractivity contribution in [2.24, 2.45) is 7.05 Å². The summed E-state index contributed by atoms with van der Waals surface area (Å²) in [5, 5.41) is 5.26. The molecular weight excluding hydrogens is 409 g/mol. The van der Waals surface area contributed by atoms with Crippen LogP contribution in [0.3, 0.4) is 0 Å².